The Balaban J connectivity index is 1.49. The largest absolute Gasteiger partial charge is 0.504 e. The van der Waals surface area contributed by atoms with E-state index in [2.05, 4.69) is 0 Å². The highest BCUT2D eigenvalue weighted by Crippen LogP contribution is 2.34. The van der Waals surface area contributed by atoms with Crippen molar-refractivity contribution in [2.24, 2.45) is 0 Å². The summed E-state index contributed by atoms with van der Waals surface area (Å²) in [5.41, 5.74) is 1.03. The average Bonchev–Trinajstić information content (AvgIpc) is 3.19. The second-order valence-electron chi connectivity index (χ2n) is 13.8. The topological polar surface area (TPSA) is 288 Å². The number of hydrogen-bond acceptors (Lipinski definition) is 20. The molecule has 2 aromatic rings. The summed E-state index contributed by atoms with van der Waals surface area (Å²) in [5.74, 6) is -1.79. The fraction of sp³-hybridized carbons (Fsp3) is 0.579. The van der Waals surface area contributed by atoms with Gasteiger partial charge in [-0.2, -0.15) is 0 Å². The minimum atomic E-state index is -1.87. The van der Waals surface area contributed by atoms with Crippen LogP contribution in [0.1, 0.15) is 25.0 Å². The molecule has 0 unspecified atom stereocenters. The van der Waals surface area contributed by atoms with Crippen LogP contribution in [0, 0.1) is 0 Å². The standard InChI is InChI=1S/C38H50O20/c1-17-28(44)30(46)32(48)37(54-17)58-34-33(57-27(43)10-7-19-5-8-21(40)25(14-19)50-4)26(16-53-36-31(47)29(45)23(42)15-52-36)56-38(35(34)55-18(2)39)51-12-11-20-6-9-24(49-3)22(41)13-20/h5-10,13-14,17,23,26,28-38,40-42,44-48H,11-12,15-16H2,1-4H3/b10-7+/t17-,23-,26+,28-,29-,30+,31+,32+,33+,34-,35+,36-,37-,38+/m0/s1. The van der Waals surface area contributed by atoms with Crippen LogP contribution in [0.5, 0.6) is 23.0 Å². The summed E-state index contributed by atoms with van der Waals surface area (Å²) in [6.07, 6.45) is -19.6. The van der Waals surface area contributed by atoms with E-state index in [0.717, 1.165) is 13.0 Å². The molecule has 0 aliphatic carbocycles. The van der Waals surface area contributed by atoms with Gasteiger partial charge in [-0.25, -0.2) is 4.79 Å². The van der Waals surface area contributed by atoms with Crippen LogP contribution in [0.4, 0.5) is 0 Å². The lowest BCUT2D eigenvalue weighted by atomic mass is 9.96. The Morgan fingerprint density at radius 3 is 2.17 bits per heavy atom. The van der Waals surface area contributed by atoms with Crippen LogP contribution in [0.15, 0.2) is 42.5 Å². The van der Waals surface area contributed by atoms with Crippen LogP contribution in [-0.2, 0) is 53.9 Å². The Morgan fingerprint density at radius 1 is 0.759 bits per heavy atom. The third-order valence-electron chi connectivity index (χ3n) is 9.66. The lowest BCUT2D eigenvalue weighted by molar-refractivity contribution is -0.362. The van der Waals surface area contributed by atoms with E-state index in [1.165, 1.54) is 51.5 Å². The first-order valence-corrected chi connectivity index (χ1v) is 18.3. The zero-order valence-electron chi connectivity index (χ0n) is 32.0. The number of esters is 2. The van der Waals surface area contributed by atoms with Crippen molar-refractivity contribution in [2.75, 3.05) is 34.0 Å². The molecule has 5 rings (SSSR count). The van der Waals surface area contributed by atoms with Gasteiger partial charge in [0.2, 0.25) is 0 Å². The molecule has 58 heavy (non-hydrogen) atoms. The van der Waals surface area contributed by atoms with Gasteiger partial charge in [0.05, 0.1) is 40.1 Å². The Labute approximate surface area is 332 Å². The minimum Gasteiger partial charge on any atom is -0.504 e. The Bertz CT molecular complexity index is 1710. The number of benzene rings is 2. The molecule has 2 aromatic carbocycles. The van der Waals surface area contributed by atoms with E-state index in [-0.39, 0.29) is 36.0 Å². The van der Waals surface area contributed by atoms with Gasteiger partial charge in [0, 0.05) is 13.0 Å². The fourth-order valence-electron chi connectivity index (χ4n) is 6.48. The summed E-state index contributed by atoms with van der Waals surface area (Å²) in [4.78, 5) is 26.2. The van der Waals surface area contributed by atoms with E-state index in [1.54, 1.807) is 12.1 Å². The molecule has 0 amide bonds. The zero-order chi connectivity index (χ0) is 42.3. The second kappa shape index (κ2) is 20.2. The quantitative estimate of drug-likeness (QED) is 0.0759. The van der Waals surface area contributed by atoms with E-state index in [9.17, 15) is 50.4 Å². The second-order valence-corrected chi connectivity index (χ2v) is 13.8. The highest BCUT2D eigenvalue weighted by Gasteiger charge is 2.55. The maximum absolute atomic E-state index is 13.6. The van der Waals surface area contributed by atoms with Crippen molar-refractivity contribution in [3.05, 3.63) is 53.6 Å². The van der Waals surface area contributed by atoms with E-state index < -0.39 is 111 Å². The first kappa shape index (κ1) is 44.9. The number of carbonyl (C=O) groups is 2. The molecule has 14 atom stereocenters. The number of phenols is 2. The summed E-state index contributed by atoms with van der Waals surface area (Å²) in [6, 6.07) is 8.96. The van der Waals surface area contributed by atoms with Crippen molar-refractivity contribution in [3.63, 3.8) is 0 Å². The molecule has 0 bridgehead atoms. The molecule has 20 heteroatoms. The number of ether oxygens (including phenoxy) is 10. The Morgan fingerprint density at radius 2 is 1.48 bits per heavy atom. The van der Waals surface area contributed by atoms with Crippen LogP contribution in [0.25, 0.3) is 6.08 Å². The highest BCUT2D eigenvalue weighted by atomic mass is 16.8. The van der Waals surface area contributed by atoms with Gasteiger partial charge >= 0.3 is 11.9 Å². The molecular weight excluding hydrogens is 776 g/mol. The fourth-order valence-corrected chi connectivity index (χ4v) is 6.48. The van der Waals surface area contributed by atoms with Crippen LogP contribution < -0.4 is 9.47 Å². The van der Waals surface area contributed by atoms with E-state index >= 15 is 0 Å². The van der Waals surface area contributed by atoms with Gasteiger partial charge < -0.3 is 88.2 Å². The zero-order valence-corrected chi connectivity index (χ0v) is 32.0. The summed E-state index contributed by atoms with van der Waals surface area (Å²) in [7, 11) is 2.74. The summed E-state index contributed by atoms with van der Waals surface area (Å²) >= 11 is 0. The van der Waals surface area contributed by atoms with Crippen molar-refractivity contribution in [2.45, 2.75) is 106 Å². The number of rotatable bonds is 15. The smallest absolute Gasteiger partial charge is 0.331 e. The Hall–Kier alpha value is -4.16. The molecule has 0 spiro atoms. The first-order chi connectivity index (χ1) is 27.6. The number of aliphatic hydroxyl groups excluding tert-OH is 6. The Kier molecular flexibility index (Phi) is 15.7. The molecule has 0 saturated carbocycles. The van der Waals surface area contributed by atoms with Gasteiger partial charge in [-0.15, -0.1) is 0 Å². The third kappa shape index (κ3) is 10.9. The molecule has 3 saturated heterocycles. The number of hydrogen-bond donors (Lipinski definition) is 8. The lowest BCUT2D eigenvalue weighted by Crippen LogP contribution is -2.66. The van der Waals surface area contributed by atoms with E-state index in [0.29, 0.717) is 11.1 Å². The van der Waals surface area contributed by atoms with Gasteiger partial charge in [0.15, 0.2) is 54.1 Å². The van der Waals surface area contributed by atoms with Crippen molar-refractivity contribution in [3.8, 4) is 23.0 Å². The van der Waals surface area contributed by atoms with Gasteiger partial charge in [-0.3, -0.25) is 4.79 Å². The predicted molar refractivity (Wildman–Crippen MR) is 193 cm³/mol. The maximum atomic E-state index is 13.6. The van der Waals surface area contributed by atoms with Gasteiger partial charge in [0.25, 0.3) is 0 Å². The molecule has 20 nitrogen and oxygen atoms in total. The van der Waals surface area contributed by atoms with Crippen LogP contribution in [0.3, 0.4) is 0 Å². The monoisotopic (exact) mass is 826 g/mol. The number of aliphatic hydroxyl groups is 6. The maximum Gasteiger partial charge on any atom is 0.331 e. The normalized spacial score (nSPS) is 34.0. The number of carbonyl (C=O) groups excluding carboxylic acids is 2. The predicted octanol–water partition coefficient (Wildman–Crippen LogP) is -1.38. The molecule has 8 N–H and O–H groups in total. The molecule has 0 aromatic heterocycles. The summed E-state index contributed by atoms with van der Waals surface area (Å²) in [5, 5.41) is 83.0. The van der Waals surface area contributed by atoms with Gasteiger partial charge in [-0.05, 0) is 54.8 Å². The van der Waals surface area contributed by atoms with E-state index in [4.69, 9.17) is 47.4 Å². The SMILES string of the molecule is COc1ccc(CCO[C@@H]2O[C@H](CO[C@@H]3OC[C@H](O)[C@H](O)[C@H]3O)[C@@H](OC(=O)/C=C/c3ccc(O)c(OC)c3)[C@H](O[C@@H]3O[C@@H](C)[C@H](O)[C@@H](O)[C@H]3O)[C@H]2OC(C)=O)cc1O. The lowest BCUT2D eigenvalue weighted by Gasteiger charge is -2.47. The minimum absolute atomic E-state index is 0.123. The first-order valence-electron chi connectivity index (χ1n) is 18.3. The van der Waals surface area contributed by atoms with Crippen molar-refractivity contribution in [1.82, 2.24) is 0 Å². The average molecular weight is 827 g/mol. The number of phenolic OH excluding ortho intramolecular Hbond substituents is 2. The van der Waals surface area contributed by atoms with Crippen molar-refractivity contribution >= 4 is 18.0 Å². The van der Waals surface area contributed by atoms with Gasteiger partial charge in [-0.1, -0.05) is 12.1 Å². The summed E-state index contributed by atoms with van der Waals surface area (Å²) < 4.78 is 57.1. The van der Waals surface area contributed by atoms with E-state index in [1.807, 2.05) is 0 Å². The van der Waals surface area contributed by atoms with Crippen LogP contribution in [-0.4, -0.2) is 173 Å². The van der Waals surface area contributed by atoms with Crippen LogP contribution in [0.2, 0.25) is 0 Å². The molecule has 3 heterocycles. The highest BCUT2D eigenvalue weighted by molar-refractivity contribution is 5.87. The number of methoxy groups -OCH3 is 2. The molecule has 0 radical (unpaired) electrons. The summed E-state index contributed by atoms with van der Waals surface area (Å²) in [6.45, 7) is 1.36. The molecular formula is C38H50O20. The van der Waals surface area contributed by atoms with Gasteiger partial charge in [0.1, 0.15) is 48.8 Å². The number of aromatic hydroxyl groups is 2. The van der Waals surface area contributed by atoms with Crippen molar-refractivity contribution in [1.29, 1.82) is 0 Å². The molecule has 322 valence electrons. The van der Waals surface area contributed by atoms with Crippen LogP contribution >= 0.6 is 0 Å². The molecule has 3 aliphatic heterocycles. The molecule has 3 fully saturated rings. The molecule has 3 aliphatic rings. The third-order valence-corrected chi connectivity index (χ3v) is 9.66. The van der Waals surface area contributed by atoms with Crippen molar-refractivity contribution < 1.29 is 97.8 Å².